The summed E-state index contributed by atoms with van der Waals surface area (Å²) in [6, 6.07) is 0. The molecule has 0 radical (unpaired) electrons. The Morgan fingerprint density at radius 1 is 0.410 bits per heavy atom. The molecule has 0 saturated heterocycles. The van der Waals surface area contributed by atoms with Crippen molar-refractivity contribution in [3.05, 3.63) is 0 Å². The van der Waals surface area contributed by atoms with Gasteiger partial charge in [-0.05, 0) is 25.7 Å². The molecule has 3 heteroatoms. The van der Waals surface area contributed by atoms with Crippen LogP contribution in [0.5, 0.6) is 0 Å². The van der Waals surface area contributed by atoms with Crippen molar-refractivity contribution in [2.45, 2.75) is 213 Å². The highest BCUT2D eigenvalue weighted by Crippen LogP contribution is 2.23. The maximum Gasteiger partial charge on any atom is 0.303 e. The lowest BCUT2D eigenvalue weighted by Gasteiger charge is -2.16. The number of aliphatic carboxylic acids is 1. The standard InChI is InChI=1S/C36H70O3/c1-3-5-7-9-10-11-12-13-14-15-16-17-21-24-28-32-35(37)34(30-26-8-6-4-2)31-27-23-20-18-19-22-25-29-33-36(38)39/h34H,3-33H2,1-2H3,(H,38,39). The van der Waals surface area contributed by atoms with Gasteiger partial charge in [0.05, 0.1) is 0 Å². The zero-order valence-corrected chi connectivity index (χ0v) is 26.8. The van der Waals surface area contributed by atoms with Crippen molar-refractivity contribution in [2.24, 2.45) is 5.92 Å². The zero-order chi connectivity index (χ0) is 28.7. The number of ketones is 1. The Bertz CT molecular complexity index is 515. The van der Waals surface area contributed by atoms with E-state index in [0.29, 0.717) is 18.1 Å². The van der Waals surface area contributed by atoms with E-state index in [4.69, 9.17) is 5.11 Å². The van der Waals surface area contributed by atoms with Crippen LogP contribution >= 0.6 is 0 Å². The molecular weight excluding hydrogens is 480 g/mol. The largest absolute Gasteiger partial charge is 0.481 e. The smallest absolute Gasteiger partial charge is 0.303 e. The molecule has 0 aliphatic rings. The van der Waals surface area contributed by atoms with E-state index in [0.717, 1.165) is 44.9 Å². The Morgan fingerprint density at radius 2 is 0.692 bits per heavy atom. The predicted octanol–water partition coefficient (Wildman–Crippen LogP) is 12.4. The van der Waals surface area contributed by atoms with E-state index in [-0.39, 0.29) is 0 Å². The first-order chi connectivity index (χ1) is 19.1. The van der Waals surface area contributed by atoms with Crippen LogP contribution in [0.3, 0.4) is 0 Å². The summed E-state index contributed by atoms with van der Waals surface area (Å²) in [6.07, 6.45) is 38.1. The first-order valence-corrected chi connectivity index (χ1v) is 17.9. The molecule has 39 heavy (non-hydrogen) atoms. The second-order valence-electron chi connectivity index (χ2n) is 12.5. The summed E-state index contributed by atoms with van der Waals surface area (Å²) in [5.41, 5.74) is 0. The van der Waals surface area contributed by atoms with Crippen LogP contribution in [0, 0.1) is 5.92 Å². The van der Waals surface area contributed by atoms with E-state index < -0.39 is 5.97 Å². The second kappa shape index (κ2) is 31.7. The summed E-state index contributed by atoms with van der Waals surface area (Å²) in [6.45, 7) is 4.54. The molecule has 0 saturated carbocycles. The highest BCUT2D eigenvalue weighted by Gasteiger charge is 2.17. The van der Waals surface area contributed by atoms with E-state index in [1.807, 2.05) is 0 Å². The van der Waals surface area contributed by atoms with E-state index >= 15 is 0 Å². The van der Waals surface area contributed by atoms with Crippen LogP contribution in [-0.2, 0) is 9.59 Å². The topological polar surface area (TPSA) is 54.4 Å². The summed E-state index contributed by atoms with van der Waals surface area (Å²) in [5.74, 6) is 0.192. The van der Waals surface area contributed by atoms with Gasteiger partial charge >= 0.3 is 5.97 Å². The maximum absolute atomic E-state index is 13.0. The van der Waals surface area contributed by atoms with Crippen LogP contribution < -0.4 is 0 Å². The fourth-order valence-electron chi connectivity index (χ4n) is 5.89. The summed E-state index contributed by atoms with van der Waals surface area (Å²) in [4.78, 5) is 23.6. The van der Waals surface area contributed by atoms with E-state index in [1.54, 1.807) is 0 Å². The molecule has 0 rings (SSSR count). The molecular formula is C36H70O3. The van der Waals surface area contributed by atoms with Crippen LogP contribution in [0.15, 0.2) is 0 Å². The molecule has 0 bridgehead atoms. The fourth-order valence-corrected chi connectivity index (χ4v) is 5.89. The van der Waals surface area contributed by atoms with Crippen molar-refractivity contribution < 1.29 is 14.7 Å². The van der Waals surface area contributed by atoms with Gasteiger partial charge in [-0.25, -0.2) is 0 Å². The lowest BCUT2D eigenvalue weighted by Crippen LogP contribution is -2.14. The third kappa shape index (κ3) is 29.9. The molecule has 0 aromatic carbocycles. The number of unbranched alkanes of at least 4 members (excludes halogenated alkanes) is 24. The molecule has 0 heterocycles. The van der Waals surface area contributed by atoms with Crippen LogP contribution in [-0.4, -0.2) is 16.9 Å². The van der Waals surface area contributed by atoms with Gasteiger partial charge < -0.3 is 5.11 Å². The van der Waals surface area contributed by atoms with E-state index in [2.05, 4.69) is 13.8 Å². The quantitative estimate of drug-likeness (QED) is 0.0826. The minimum Gasteiger partial charge on any atom is -0.481 e. The number of carboxylic acids is 1. The molecule has 0 aliphatic carbocycles. The predicted molar refractivity (Wildman–Crippen MR) is 171 cm³/mol. The Kier molecular flexibility index (Phi) is 31.0. The van der Waals surface area contributed by atoms with Crippen molar-refractivity contribution in [3.63, 3.8) is 0 Å². The van der Waals surface area contributed by atoms with Crippen molar-refractivity contribution in [3.8, 4) is 0 Å². The molecule has 0 aromatic heterocycles. The van der Waals surface area contributed by atoms with Crippen molar-refractivity contribution >= 4 is 11.8 Å². The fraction of sp³-hybridized carbons (Fsp3) is 0.944. The lowest BCUT2D eigenvalue weighted by atomic mass is 9.88. The van der Waals surface area contributed by atoms with Gasteiger partial charge in [-0.2, -0.15) is 0 Å². The summed E-state index contributed by atoms with van der Waals surface area (Å²) in [7, 11) is 0. The lowest BCUT2D eigenvalue weighted by molar-refractivity contribution is -0.137. The Morgan fingerprint density at radius 3 is 1.05 bits per heavy atom. The Balaban J connectivity index is 3.80. The highest BCUT2D eigenvalue weighted by molar-refractivity contribution is 5.80. The average molecular weight is 551 g/mol. The van der Waals surface area contributed by atoms with Crippen LogP contribution in [0.25, 0.3) is 0 Å². The zero-order valence-electron chi connectivity index (χ0n) is 26.8. The van der Waals surface area contributed by atoms with E-state index in [9.17, 15) is 9.59 Å². The summed E-state index contributed by atoms with van der Waals surface area (Å²) >= 11 is 0. The van der Waals surface area contributed by atoms with E-state index in [1.165, 1.54) is 148 Å². The summed E-state index contributed by atoms with van der Waals surface area (Å²) < 4.78 is 0. The normalized spacial score (nSPS) is 12.2. The molecule has 1 N–H and O–H groups in total. The number of hydrogen-bond donors (Lipinski definition) is 1. The van der Waals surface area contributed by atoms with Crippen molar-refractivity contribution in [1.82, 2.24) is 0 Å². The van der Waals surface area contributed by atoms with Gasteiger partial charge in [0.1, 0.15) is 5.78 Å². The SMILES string of the molecule is CCCCCCCCCCCCCCCCCC(=O)C(CCCCCC)CCCCCCCCCCC(=O)O. The van der Waals surface area contributed by atoms with Crippen LogP contribution in [0.2, 0.25) is 0 Å². The second-order valence-corrected chi connectivity index (χ2v) is 12.5. The van der Waals surface area contributed by atoms with Gasteiger partial charge in [0.25, 0.3) is 0 Å². The third-order valence-electron chi connectivity index (χ3n) is 8.58. The molecule has 0 aliphatic heterocycles. The summed E-state index contributed by atoms with van der Waals surface area (Å²) in [5, 5.41) is 8.70. The number of Topliss-reactive ketones (excluding diaryl/α,β-unsaturated/α-hetero) is 1. The number of carbonyl (C=O) groups excluding carboxylic acids is 1. The van der Waals surface area contributed by atoms with Gasteiger partial charge in [0.15, 0.2) is 0 Å². The number of carboxylic acid groups (broad SMARTS) is 1. The molecule has 232 valence electrons. The van der Waals surface area contributed by atoms with Crippen molar-refractivity contribution in [2.75, 3.05) is 0 Å². The Labute approximate surface area is 245 Å². The van der Waals surface area contributed by atoms with Gasteiger partial charge in [0, 0.05) is 18.8 Å². The van der Waals surface area contributed by atoms with Gasteiger partial charge in [-0.3, -0.25) is 9.59 Å². The third-order valence-corrected chi connectivity index (χ3v) is 8.58. The first kappa shape index (κ1) is 38.1. The monoisotopic (exact) mass is 551 g/mol. The average Bonchev–Trinajstić information content (AvgIpc) is 2.92. The molecule has 3 nitrogen and oxygen atoms in total. The minimum atomic E-state index is -0.673. The van der Waals surface area contributed by atoms with Crippen LogP contribution in [0.1, 0.15) is 213 Å². The van der Waals surface area contributed by atoms with Crippen molar-refractivity contribution in [1.29, 1.82) is 0 Å². The molecule has 0 spiro atoms. The van der Waals surface area contributed by atoms with Crippen LogP contribution in [0.4, 0.5) is 0 Å². The maximum atomic E-state index is 13.0. The van der Waals surface area contributed by atoms with Gasteiger partial charge in [-0.1, -0.05) is 174 Å². The molecule has 1 unspecified atom stereocenters. The Hall–Kier alpha value is -0.860. The van der Waals surface area contributed by atoms with Gasteiger partial charge in [-0.15, -0.1) is 0 Å². The highest BCUT2D eigenvalue weighted by atomic mass is 16.4. The molecule has 1 atom stereocenters. The molecule has 0 fully saturated rings. The molecule has 0 aromatic rings. The number of carbonyl (C=O) groups is 2. The number of rotatable bonds is 33. The van der Waals surface area contributed by atoms with Gasteiger partial charge in [0.2, 0.25) is 0 Å². The molecule has 0 amide bonds. The first-order valence-electron chi connectivity index (χ1n) is 17.9. The number of hydrogen-bond acceptors (Lipinski definition) is 2. The minimum absolute atomic E-state index is 0.310.